The number of thioether (sulfide) groups is 1. The number of nitrogens with two attached hydrogens (primary N) is 1. The van der Waals surface area contributed by atoms with E-state index in [0.29, 0.717) is 16.6 Å². The number of nitrogens with zero attached hydrogens (tertiary/aromatic N) is 3. The third kappa shape index (κ3) is 4.21. The summed E-state index contributed by atoms with van der Waals surface area (Å²) in [6.07, 6.45) is 6.00. The van der Waals surface area contributed by atoms with Gasteiger partial charge >= 0.3 is 0 Å². The Morgan fingerprint density at radius 1 is 1.36 bits per heavy atom. The molecule has 7 nitrogen and oxygen atoms in total. The number of carbonyl (C=O) groups is 2. The van der Waals surface area contributed by atoms with Crippen LogP contribution in [0.25, 0.3) is 0 Å². The highest BCUT2D eigenvalue weighted by Crippen LogP contribution is 2.32. The number of nitrogens with one attached hydrogen (secondary N) is 1. The zero-order chi connectivity index (χ0) is 17.8. The topological polar surface area (TPSA) is 103 Å². The monoisotopic (exact) mass is 379 g/mol. The fourth-order valence-corrected chi connectivity index (χ4v) is 4.76. The minimum atomic E-state index is -0.545. The summed E-state index contributed by atoms with van der Waals surface area (Å²) < 4.78 is 2.16. The van der Waals surface area contributed by atoms with E-state index in [9.17, 15) is 9.59 Å². The second kappa shape index (κ2) is 8.01. The Balaban J connectivity index is 1.62. The molecule has 1 fully saturated rings. The first-order chi connectivity index (χ1) is 12.1. The van der Waals surface area contributed by atoms with E-state index in [0.717, 1.165) is 23.8 Å². The zero-order valence-electron chi connectivity index (χ0n) is 14.0. The molecule has 0 bridgehead atoms. The molecular weight excluding hydrogens is 358 g/mol. The molecule has 1 saturated carbocycles. The number of carbonyl (C=O) groups excluding carboxylic acids is 2. The number of hydrogen-bond donors (Lipinski definition) is 2. The highest BCUT2D eigenvalue weighted by atomic mass is 32.2. The van der Waals surface area contributed by atoms with E-state index in [1.54, 1.807) is 11.4 Å². The van der Waals surface area contributed by atoms with E-state index in [2.05, 4.69) is 20.1 Å². The number of primary amides is 1. The maximum Gasteiger partial charge on any atom is 0.251 e. The molecule has 0 atom stereocenters. The quantitative estimate of drug-likeness (QED) is 0.751. The molecule has 1 aliphatic carbocycles. The molecule has 134 valence electrons. The van der Waals surface area contributed by atoms with Gasteiger partial charge in [0.2, 0.25) is 5.91 Å². The van der Waals surface area contributed by atoms with Crippen molar-refractivity contribution in [2.45, 2.75) is 50.2 Å². The summed E-state index contributed by atoms with van der Waals surface area (Å²) in [5, 5.41) is 14.2. The Bertz CT molecular complexity index is 764. The Morgan fingerprint density at radius 2 is 2.12 bits per heavy atom. The summed E-state index contributed by atoms with van der Waals surface area (Å²) in [5.41, 5.74) is 5.63. The van der Waals surface area contributed by atoms with Gasteiger partial charge in [-0.2, -0.15) is 0 Å². The molecule has 0 aliphatic heterocycles. The summed E-state index contributed by atoms with van der Waals surface area (Å²) in [6, 6.07) is 2.03. The predicted octanol–water partition coefficient (Wildman–Crippen LogP) is 2.98. The molecule has 2 aromatic rings. The van der Waals surface area contributed by atoms with Gasteiger partial charge in [-0.25, -0.2) is 0 Å². The Hall–Kier alpha value is -1.87. The van der Waals surface area contributed by atoms with Crippen LogP contribution >= 0.6 is 23.1 Å². The molecule has 0 unspecified atom stereocenters. The summed E-state index contributed by atoms with van der Waals surface area (Å²) in [4.78, 5) is 23.5. The fourth-order valence-electron chi connectivity index (χ4n) is 3.10. The van der Waals surface area contributed by atoms with E-state index >= 15 is 0 Å². The van der Waals surface area contributed by atoms with Gasteiger partial charge in [-0.1, -0.05) is 31.0 Å². The lowest BCUT2D eigenvalue weighted by molar-refractivity contribution is -0.113. The van der Waals surface area contributed by atoms with Gasteiger partial charge in [0, 0.05) is 6.04 Å². The maximum absolute atomic E-state index is 12.2. The molecule has 25 heavy (non-hydrogen) atoms. The third-order valence-corrected chi connectivity index (χ3v) is 6.06. The molecule has 0 aromatic carbocycles. The van der Waals surface area contributed by atoms with Crippen molar-refractivity contribution in [3.8, 4) is 0 Å². The van der Waals surface area contributed by atoms with Crippen LogP contribution in [-0.4, -0.2) is 32.3 Å². The van der Waals surface area contributed by atoms with Crippen LogP contribution in [0, 0.1) is 6.92 Å². The molecule has 2 heterocycles. The number of rotatable bonds is 6. The first kappa shape index (κ1) is 17.9. The average Bonchev–Trinajstić information content (AvgIpc) is 3.20. The number of thiophene rings is 1. The standard InChI is InChI=1S/C16H21N5O2S2/c1-10-19-20-16(21(10)11-5-3-2-4-6-11)25-9-13(22)18-15-12(14(17)23)7-8-24-15/h7-8,11H,2-6,9H2,1H3,(H2,17,23)(H,18,22). The van der Waals surface area contributed by atoms with Crippen molar-refractivity contribution in [3.05, 3.63) is 22.8 Å². The molecule has 1 aliphatic rings. The minimum absolute atomic E-state index is 0.189. The average molecular weight is 380 g/mol. The van der Waals surface area contributed by atoms with Gasteiger partial charge in [-0.3, -0.25) is 9.59 Å². The largest absolute Gasteiger partial charge is 0.366 e. The van der Waals surface area contributed by atoms with Gasteiger partial charge in [0.15, 0.2) is 5.16 Å². The third-order valence-electron chi connectivity index (χ3n) is 4.29. The highest BCUT2D eigenvalue weighted by molar-refractivity contribution is 7.99. The van der Waals surface area contributed by atoms with Crippen molar-refractivity contribution in [2.24, 2.45) is 5.73 Å². The maximum atomic E-state index is 12.2. The SMILES string of the molecule is Cc1nnc(SCC(=O)Nc2sccc2C(N)=O)n1C1CCCCC1. The lowest BCUT2D eigenvalue weighted by atomic mass is 9.95. The van der Waals surface area contributed by atoms with Crippen LogP contribution in [0.5, 0.6) is 0 Å². The molecule has 0 saturated heterocycles. The second-order valence-corrected chi connectivity index (χ2v) is 7.91. The van der Waals surface area contributed by atoms with Gasteiger partial charge < -0.3 is 15.6 Å². The van der Waals surface area contributed by atoms with E-state index < -0.39 is 5.91 Å². The number of hydrogen-bond acceptors (Lipinski definition) is 6. The van der Waals surface area contributed by atoms with Crippen LogP contribution in [0.4, 0.5) is 5.00 Å². The lowest BCUT2D eigenvalue weighted by Gasteiger charge is -2.24. The molecule has 3 N–H and O–H groups in total. The molecule has 2 aromatic heterocycles. The van der Waals surface area contributed by atoms with E-state index in [4.69, 9.17) is 5.73 Å². The van der Waals surface area contributed by atoms with Crippen LogP contribution < -0.4 is 11.1 Å². The summed E-state index contributed by atoms with van der Waals surface area (Å²) in [7, 11) is 0. The molecule has 9 heteroatoms. The van der Waals surface area contributed by atoms with Crippen LogP contribution in [0.3, 0.4) is 0 Å². The summed E-state index contributed by atoms with van der Waals surface area (Å²) in [6.45, 7) is 1.95. The molecular formula is C16H21N5O2S2. The van der Waals surface area contributed by atoms with Gasteiger partial charge in [0.1, 0.15) is 10.8 Å². The molecule has 2 amide bonds. The number of aryl methyl sites for hydroxylation is 1. The van der Waals surface area contributed by atoms with Crippen molar-refractivity contribution >= 4 is 39.9 Å². The van der Waals surface area contributed by atoms with Crippen molar-refractivity contribution in [3.63, 3.8) is 0 Å². The Morgan fingerprint density at radius 3 is 2.84 bits per heavy atom. The van der Waals surface area contributed by atoms with E-state index in [1.807, 2.05) is 6.92 Å². The van der Waals surface area contributed by atoms with Crippen LogP contribution in [0.1, 0.15) is 54.3 Å². The predicted molar refractivity (Wildman–Crippen MR) is 99.1 cm³/mol. The van der Waals surface area contributed by atoms with Gasteiger partial charge in [-0.05, 0) is 31.2 Å². The lowest BCUT2D eigenvalue weighted by Crippen LogP contribution is -2.19. The fraction of sp³-hybridized carbons (Fsp3) is 0.500. The minimum Gasteiger partial charge on any atom is -0.366 e. The molecule has 3 rings (SSSR count). The van der Waals surface area contributed by atoms with Crippen molar-refractivity contribution in [1.29, 1.82) is 0 Å². The molecule has 0 radical (unpaired) electrons. The van der Waals surface area contributed by atoms with Gasteiger partial charge in [0.05, 0.1) is 11.3 Å². The smallest absolute Gasteiger partial charge is 0.251 e. The van der Waals surface area contributed by atoms with Gasteiger partial charge in [-0.15, -0.1) is 21.5 Å². The Labute approximate surface area is 154 Å². The van der Waals surface area contributed by atoms with Crippen LogP contribution in [0.2, 0.25) is 0 Å². The molecule has 0 spiro atoms. The zero-order valence-corrected chi connectivity index (χ0v) is 15.7. The summed E-state index contributed by atoms with van der Waals surface area (Å²) in [5.74, 6) is 0.368. The van der Waals surface area contributed by atoms with Crippen molar-refractivity contribution < 1.29 is 9.59 Å². The van der Waals surface area contributed by atoms with Crippen molar-refractivity contribution in [2.75, 3.05) is 11.1 Å². The number of anilines is 1. The van der Waals surface area contributed by atoms with Gasteiger partial charge in [0.25, 0.3) is 5.91 Å². The van der Waals surface area contributed by atoms with Crippen molar-refractivity contribution in [1.82, 2.24) is 14.8 Å². The Kier molecular flexibility index (Phi) is 5.74. The van der Waals surface area contributed by atoms with Crippen LogP contribution in [0.15, 0.2) is 16.6 Å². The van der Waals surface area contributed by atoms with Crippen LogP contribution in [-0.2, 0) is 4.79 Å². The van der Waals surface area contributed by atoms with E-state index in [-0.39, 0.29) is 11.7 Å². The van der Waals surface area contributed by atoms with E-state index in [1.165, 1.54) is 42.4 Å². The first-order valence-electron chi connectivity index (χ1n) is 8.27. The number of aromatic nitrogens is 3. The first-order valence-corrected chi connectivity index (χ1v) is 10.1. The summed E-state index contributed by atoms with van der Waals surface area (Å²) >= 11 is 2.65. The highest BCUT2D eigenvalue weighted by Gasteiger charge is 2.22. The second-order valence-electron chi connectivity index (χ2n) is 6.06. The normalized spacial score (nSPS) is 15.2. The number of amides is 2.